The second kappa shape index (κ2) is 10.4. The molecule has 0 aliphatic carbocycles. The van der Waals surface area contributed by atoms with Crippen molar-refractivity contribution >= 4 is 44.8 Å². The Bertz CT molecular complexity index is 1040. The second-order valence-corrected chi connectivity index (χ2v) is 7.94. The van der Waals surface area contributed by atoms with E-state index in [1.54, 1.807) is 13.2 Å². The molecule has 0 fully saturated rings. The van der Waals surface area contributed by atoms with Crippen LogP contribution in [0.2, 0.25) is 5.02 Å². The first-order valence-corrected chi connectivity index (χ1v) is 10.5. The smallest absolute Gasteiger partial charge is 0.262 e. The van der Waals surface area contributed by atoms with Gasteiger partial charge in [-0.05, 0) is 76.4 Å². The van der Waals surface area contributed by atoms with Crippen molar-refractivity contribution in [1.29, 1.82) is 0 Å². The number of aryl methyl sites for hydroxylation is 1. The maximum absolute atomic E-state index is 12.2. The van der Waals surface area contributed by atoms with E-state index in [1.807, 2.05) is 61.5 Å². The van der Waals surface area contributed by atoms with Crippen LogP contribution in [-0.4, -0.2) is 19.6 Å². The van der Waals surface area contributed by atoms with Gasteiger partial charge in [0.15, 0.2) is 18.1 Å². The monoisotopic (exact) mass is 488 g/mol. The van der Waals surface area contributed by atoms with Crippen molar-refractivity contribution in [3.63, 3.8) is 0 Å². The molecule has 7 heteroatoms. The van der Waals surface area contributed by atoms with Crippen LogP contribution < -0.4 is 20.1 Å². The van der Waals surface area contributed by atoms with E-state index in [9.17, 15) is 4.79 Å². The van der Waals surface area contributed by atoms with Gasteiger partial charge in [0.2, 0.25) is 0 Å². The summed E-state index contributed by atoms with van der Waals surface area (Å²) in [5.74, 6) is 0.833. The first kappa shape index (κ1) is 22.0. The lowest BCUT2D eigenvalue weighted by atomic mass is 10.2. The lowest BCUT2D eigenvalue weighted by Gasteiger charge is -2.13. The molecule has 3 aromatic rings. The predicted molar refractivity (Wildman–Crippen MR) is 125 cm³/mol. The molecule has 0 saturated heterocycles. The maximum Gasteiger partial charge on any atom is 0.262 e. The Labute approximate surface area is 189 Å². The highest BCUT2D eigenvalue weighted by atomic mass is 79.9. The van der Waals surface area contributed by atoms with Gasteiger partial charge in [-0.3, -0.25) is 4.79 Å². The van der Waals surface area contributed by atoms with Gasteiger partial charge in [0.1, 0.15) is 0 Å². The summed E-state index contributed by atoms with van der Waals surface area (Å²) in [7, 11) is 1.57. The average Bonchev–Trinajstić information content (AvgIpc) is 2.73. The van der Waals surface area contributed by atoms with Crippen molar-refractivity contribution in [2.24, 2.45) is 0 Å². The molecule has 156 valence electrons. The van der Waals surface area contributed by atoms with Crippen molar-refractivity contribution in [1.82, 2.24) is 0 Å². The van der Waals surface area contributed by atoms with E-state index < -0.39 is 0 Å². The molecule has 30 heavy (non-hydrogen) atoms. The number of rotatable bonds is 8. The number of ether oxygens (including phenoxy) is 2. The minimum Gasteiger partial charge on any atom is -0.493 e. The largest absolute Gasteiger partial charge is 0.493 e. The topological polar surface area (TPSA) is 59.6 Å². The molecule has 0 saturated carbocycles. The van der Waals surface area contributed by atoms with Crippen LogP contribution in [0.4, 0.5) is 11.4 Å². The summed E-state index contributed by atoms with van der Waals surface area (Å²) in [6, 6.07) is 18.9. The highest BCUT2D eigenvalue weighted by Crippen LogP contribution is 2.29. The number of methoxy groups -OCH3 is 1. The quantitative estimate of drug-likeness (QED) is 0.404. The average molecular weight is 490 g/mol. The van der Waals surface area contributed by atoms with E-state index in [0.29, 0.717) is 23.1 Å². The van der Waals surface area contributed by atoms with Crippen LogP contribution >= 0.6 is 27.5 Å². The fourth-order valence-corrected chi connectivity index (χ4v) is 3.24. The van der Waals surface area contributed by atoms with Gasteiger partial charge in [-0.25, -0.2) is 0 Å². The fraction of sp³-hybridized carbons (Fsp3) is 0.174. The summed E-state index contributed by atoms with van der Waals surface area (Å²) in [5, 5.41) is 6.78. The molecule has 0 spiro atoms. The molecule has 0 aliphatic heterocycles. The van der Waals surface area contributed by atoms with E-state index in [1.165, 1.54) is 0 Å². The minimum atomic E-state index is -0.236. The van der Waals surface area contributed by atoms with Gasteiger partial charge < -0.3 is 20.1 Å². The van der Waals surface area contributed by atoms with Gasteiger partial charge in [-0.2, -0.15) is 0 Å². The SMILES string of the molecule is COc1cc(CNc2ccc(Br)c(Cl)c2)ccc1OCC(=O)Nc1cccc(C)c1. The Kier molecular flexibility index (Phi) is 7.60. The van der Waals surface area contributed by atoms with Gasteiger partial charge in [0, 0.05) is 22.4 Å². The molecule has 3 aromatic carbocycles. The van der Waals surface area contributed by atoms with Crippen LogP contribution in [0, 0.1) is 6.92 Å². The number of carbonyl (C=O) groups excluding carboxylic acids is 1. The summed E-state index contributed by atoms with van der Waals surface area (Å²) in [6.45, 7) is 2.44. The van der Waals surface area contributed by atoms with Crippen LogP contribution in [0.5, 0.6) is 11.5 Å². The van der Waals surface area contributed by atoms with Crippen molar-refractivity contribution < 1.29 is 14.3 Å². The van der Waals surface area contributed by atoms with Crippen LogP contribution in [0.1, 0.15) is 11.1 Å². The lowest BCUT2D eigenvalue weighted by Crippen LogP contribution is -2.20. The zero-order valence-corrected chi connectivity index (χ0v) is 19.0. The van der Waals surface area contributed by atoms with E-state index in [2.05, 4.69) is 26.6 Å². The minimum absolute atomic E-state index is 0.112. The third-order valence-electron chi connectivity index (χ3n) is 4.30. The molecule has 2 N–H and O–H groups in total. The Hall–Kier alpha value is -2.70. The Morgan fingerprint density at radius 3 is 2.60 bits per heavy atom. The number of amides is 1. The molecule has 0 aromatic heterocycles. The highest BCUT2D eigenvalue weighted by Gasteiger charge is 2.10. The third-order valence-corrected chi connectivity index (χ3v) is 5.54. The van der Waals surface area contributed by atoms with Crippen molar-refractivity contribution in [2.75, 3.05) is 24.4 Å². The summed E-state index contributed by atoms with van der Waals surface area (Å²) >= 11 is 9.51. The molecular weight excluding hydrogens is 468 g/mol. The summed E-state index contributed by atoms with van der Waals surface area (Å²) < 4.78 is 11.9. The predicted octanol–water partition coefficient (Wildman–Crippen LogP) is 6.05. The summed E-state index contributed by atoms with van der Waals surface area (Å²) in [5.41, 5.74) is 3.73. The molecular formula is C23H22BrClN2O3. The van der Waals surface area contributed by atoms with Gasteiger partial charge in [-0.1, -0.05) is 29.8 Å². The molecule has 0 radical (unpaired) electrons. The molecule has 5 nitrogen and oxygen atoms in total. The van der Waals surface area contributed by atoms with Gasteiger partial charge in [-0.15, -0.1) is 0 Å². The maximum atomic E-state index is 12.2. The van der Waals surface area contributed by atoms with Gasteiger partial charge >= 0.3 is 0 Å². The zero-order valence-electron chi connectivity index (χ0n) is 16.7. The number of hydrogen-bond acceptors (Lipinski definition) is 4. The molecule has 0 atom stereocenters. The number of halogens is 2. The number of carbonyl (C=O) groups is 1. The molecule has 1 amide bonds. The number of nitrogens with one attached hydrogen (secondary N) is 2. The first-order chi connectivity index (χ1) is 14.4. The highest BCUT2D eigenvalue weighted by molar-refractivity contribution is 9.10. The van der Waals surface area contributed by atoms with Crippen molar-refractivity contribution in [3.05, 3.63) is 81.3 Å². The summed E-state index contributed by atoms with van der Waals surface area (Å²) in [4.78, 5) is 12.2. The van der Waals surface area contributed by atoms with E-state index in [0.717, 1.165) is 27.0 Å². The molecule has 0 heterocycles. The number of hydrogen-bond donors (Lipinski definition) is 2. The number of benzene rings is 3. The van der Waals surface area contributed by atoms with Crippen LogP contribution in [0.15, 0.2) is 65.1 Å². The standard InChI is InChI=1S/C23H22BrClN2O3/c1-15-4-3-5-18(10-15)27-23(28)14-30-21-9-6-16(11-22(21)29-2)13-26-17-7-8-19(24)20(25)12-17/h3-12,26H,13-14H2,1-2H3,(H,27,28). The Morgan fingerprint density at radius 2 is 1.87 bits per heavy atom. The normalized spacial score (nSPS) is 10.4. The van der Waals surface area contributed by atoms with Gasteiger partial charge in [0.05, 0.1) is 12.1 Å². The Balaban J connectivity index is 1.58. The fourth-order valence-electron chi connectivity index (χ4n) is 2.81. The van der Waals surface area contributed by atoms with Crippen LogP contribution in [-0.2, 0) is 11.3 Å². The van der Waals surface area contributed by atoms with Crippen LogP contribution in [0.3, 0.4) is 0 Å². The van der Waals surface area contributed by atoms with E-state index in [-0.39, 0.29) is 12.5 Å². The van der Waals surface area contributed by atoms with Crippen molar-refractivity contribution in [2.45, 2.75) is 13.5 Å². The van der Waals surface area contributed by atoms with Gasteiger partial charge in [0.25, 0.3) is 5.91 Å². The van der Waals surface area contributed by atoms with Crippen molar-refractivity contribution in [3.8, 4) is 11.5 Å². The molecule has 0 unspecified atom stereocenters. The zero-order chi connectivity index (χ0) is 21.5. The lowest BCUT2D eigenvalue weighted by molar-refractivity contribution is -0.118. The van der Waals surface area contributed by atoms with E-state index >= 15 is 0 Å². The van der Waals surface area contributed by atoms with Crippen LogP contribution in [0.25, 0.3) is 0 Å². The summed E-state index contributed by atoms with van der Waals surface area (Å²) in [6.07, 6.45) is 0. The third kappa shape index (κ3) is 6.15. The number of anilines is 2. The molecule has 0 aliphatic rings. The van der Waals surface area contributed by atoms with E-state index in [4.69, 9.17) is 21.1 Å². The molecule has 3 rings (SSSR count). The molecule has 0 bridgehead atoms. The Morgan fingerprint density at radius 1 is 1.03 bits per heavy atom. The first-order valence-electron chi connectivity index (χ1n) is 9.30. The second-order valence-electron chi connectivity index (χ2n) is 6.67.